The van der Waals surface area contributed by atoms with Gasteiger partial charge in [-0.1, -0.05) is 0 Å². The number of hydrogen-bond acceptors (Lipinski definition) is 4. The number of aryl methyl sites for hydroxylation is 2. The largest absolute Gasteiger partial charge is 0.478 e. The van der Waals surface area contributed by atoms with Crippen LogP contribution in [-0.2, 0) is 4.74 Å². The number of nitrogens with zero attached hydrogens (tertiary/aromatic N) is 2. The van der Waals surface area contributed by atoms with Crippen LogP contribution in [-0.4, -0.2) is 41.9 Å². The maximum atomic E-state index is 11.5. The normalized spacial score (nSPS) is 16.4. The molecule has 110 valence electrons. The predicted octanol–water partition coefficient (Wildman–Crippen LogP) is 2.40. The highest BCUT2D eigenvalue weighted by molar-refractivity contribution is 5.95. The van der Waals surface area contributed by atoms with Crippen LogP contribution in [0.15, 0.2) is 6.07 Å². The summed E-state index contributed by atoms with van der Waals surface area (Å²) >= 11 is 0. The molecule has 1 N–H and O–H groups in total. The van der Waals surface area contributed by atoms with Gasteiger partial charge >= 0.3 is 5.97 Å². The van der Waals surface area contributed by atoms with Crippen molar-refractivity contribution >= 4 is 11.8 Å². The fourth-order valence-electron chi connectivity index (χ4n) is 2.78. The molecule has 0 spiro atoms. The molecule has 1 aliphatic rings. The van der Waals surface area contributed by atoms with E-state index in [2.05, 4.69) is 9.88 Å². The van der Waals surface area contributed by atoms with Crippen molar-refractivity contribution in [1.82, 2.24) is 4.98 Å². The van der Waals surface area contributed by atoms with Gasteiger partial charge in [0.15, 0.2) is 0 Å². The van der Waals surface area contributed by atoms with E-state index >= 15 is 0 Å². The van der Waals surface area contributed by atoms with E-state index in [1.807, 2.05) is 26.8 Å². The SMILES string of the molecule is CCOC1CCN(c2nc(C)cc(C)c2C(=O)O)CC1. The number of ether oxygens (including phenoxy) is 1. The lowest BCUT2D eigenvalue weighted by atomic mass is 10.0. The van der Waals surface area contributed by atoms with Crippen molar-refractivity contribution in [3.05, 3.63) is 22.9 Å². The first-order valence-electron chi connectivity index (χ1n) is 7.11. The van der Waals surface area contributed by atoms with Crippen LogP contribution in [0.5, 0.6) is 0 Å². The van der Waals surface area contributed by atoms with Gasteiger partial charge in [0.2, 0.25) is 0 Å². The third-order valence-corrected chi connectivity index (χ3v) is 3.68. The van der Waals surface area contributed by atoms with Crippen LogP contribution in [0.25, 0.3) is 0 Å². The number of rotatable bonds is 4. The van der Waals surface area contributed by atoms with Crippen LogP contribution >= 0.6 is 0 Å². The van der Waals surface area contributed by atoms with Gasteiger partial charge in [-0.05, 0) is 45.2 Å². The Morgan fingerprint density at radius 3 is 2.65 bits per heavy atom. The average Bonchev–Trinajstić information content (AvgIpc) is 2.38. The van der Waals surface area contributed by atoms with Gasteiger partial charge in [0, 0.05) is 25.4 Å². The van der Waals surface area contributed by atoms with Crippen LogP contribution in [0.4, 0.5) is 5.82 Å². The summed E-state index contributed by atoms with van der Waals surface area (Å²) in [5.41, 5.74) is 1.95. The van der Waals surface area contributed by atoms with Crippen LogP contribution in [0.1, 0.15) is 41.4 Å². The standard InChI is InChI=1S/C15H22N2O3/c1-4-20-12-5-7-17(8-6-12)14-13(15(18)19)10(2)9-11(3)16-14/h9,12H,4-8H2,1-3H3,(H,18,19). The molecule has 1 aromatic heterocycles. The van der Waals surface area contributed by atoms with Gasteiger partial charge in [-0.25, -0.2) is 9.78 Å². The minimum atomic E-state index is -0.906. The Bertz CT molecular complexity index is 494. The molecule has 5 heteroatoms. The molecule has 20 heavy (non-hydrogen) atoms. The van der Waals surface area contributed by atoms with Gasteiger partial charge in [0.1, 0.15) is 11.4 Å². The van der Waals surface area contributed by atoms with Crippen molar-refractivity contribution in [2.45, 2.75) is 39.7 Å². The van der Waals surface area contributed by atoms with Crippen LogP contribution in [0.3, 0.4) is 0 Å². The fourth-order valence-corrected chi connectivity index (χ4v) is 2.78. The molecule has 0 unspecified atom stereocenters. The molecule has 0 atom stereocenters. The number of pyridine rings is 1. The molecule has 5 nitrogen and oxygen atoms in total. The third kappa shape index (κ3) is 3.10. The van der Waals surface area contributed by atoms with Gasteiger partial charge in [0.25, 0.3) is 0 Å². The Labute approximate surface area is 119 Å². The van der Waals surface area contributed by atoms with E-state index in [1.165, 1.54) is 0 Å². The summed E-state index contributed by atoms with van der Waals surface area (Å²) < 4.78 is 5.63. The summed E-state index contributed by atoms with van der Waals surface area (Å²) in [4.78, 5) is 18.0. The van der Waals surface area contributed by atoms with E-state index in [0.29, 0.717) is 11.4 Å². The summed E-state index contributed by atoms with van der Waals surface area (Å²) in [5.74, 6) is -0.304. The Morgan fingerprint density at radius 1 is 1.45 bits per heavy atom. The van der Waals surface area contributed by atoms with E-state index in [-0.39, 0.29) is 6.10 Å². The number of hydrogen-bond donors (Lipinski definition) is 1. The van der Waals surface area contributed by atoms with Gasteiger partial charge in [-0.2, -0.15) is 0 Å². The lowest BCUT2D eigenvalue weighted by Crippen LogP contribution is -2.38. The number of anilines is 1. The molecular weight excluding hydrogens is 256 g/mol. The van der Waals surface area contributed by atoms with Crippen molar-refractivity contribution in [2.75, 3.05) is 24.6 Å². The Hall–Kier alpha value is -1.62. The molecule has 0 aliphatic carbocycles. The fraction of sp³-hybridized carbons (Fsp3) is 0.600. The summed E-state index contributed by atoms with van der Waals surface area (Å²) in [6, 6.07) is 1.82. The van der Waals surface area contributed by atoms with Gasteiger partial charge in [0.05, 0.1) is 6.10 Å². The van der Waals surface area contributed by atoms with Crippen molar-refractivity contribution in [1.29, 1.82) is 0 Å². The highest BCUT2D eigenvalue weighted by atomic mass is 16.5. The van der Waals surface area contributed by atoms with E-state index in [4.69, 9.17) is 4.74 Å². The number of carboxylic acids is 1. The van der Waals surface area contributed by atoms with Crippen molar-refractivity contribution in [2.24, 2.45) is 0 Å². The van der Waals surface area contributed by atoms with Crippen molar-refractivity contribution in [3.8, 4) is 0 Å². The first-order chi connectivity index (χ1) is 9.52. The van der Waals surface area contributed by atoms with Crippen LogP contribution in [0, 0.1) is 13.8 Å². The maximum absolute atomic E-state index is 11.5. The highest BCUT2D eigenvalue weighted by Crippen LogP contribution is 2.26. The second-order valence-electron chi connectivity index (χ2n) is 5.23. The quantitative estimate of drug-likeness (QED) is 0.916. The topological polar surface area (TPSA) is 62.7 Å². The number of aromatic carboxylic acids is 1. The zero-order valence-electron chi connectivity index (χ0n) is 12.3. The average molecular weight is 278 g/mol. The van der Waals surface area contributed by atoms with Gasteiger partial charge < -0.3 is 14.7 Å². The monoisotopic (exact) mass is 278 g/mol. The smallest absolute Gasteiger partial charge is 0.339 e. The van der Waals surface area contributed by atoms with Gasteiger partial charge in [-0.3, -0.25) is 0 Å². The zero-order chi connectivity index (χ0) is 14.7. The van der Waals surface area contributed by atoms with E-state index < -0.39 is 5.97 Å². The second kappa shape index (κ2) is 6.22. The minimum Gasteiger partial charge on any atom is -0.478 e. The Morgan fingerprint density at radius 2 is 2.10 bits per heavy atom. The molecule has 0 bridgehead atoms. The molecule has 1 aliphatic heterocycles. The summed E-state index contributed by atoms with van der Waals surface area (Å²) in [6.45, 7) is 8.04. The number of piperidine rings is 1. The van der Waals surface area contributed by atoms with E-state index in [9.17, 15) is 9.90 Å². The Balaban J connectivity index is 2.23. The lowest BCUT2D eigenvalue weighted by molar-refractivity contribution is 0.0458. The van der Waals surface area contributed by atoms with Gasteiger partial charge in [-0.15, -0.1) is 0 Å². The van der Waals surface area contributed by atoms with E-state index in [0.717, 1.165) is 43.8 Å². The van der Waals surface area contributed by atoms with Crippen molar-refractivity contribution in [3.63, 3.8) is 0 Å². The lowest BCUT2D eigenvalue weighted by Gasteiger charge is -2.33. The predicted molar refractivity (Wildman–Crippen MR) is 77.5 cm³/mol. The maximum Gasteiger partial charge on any atom is 0.339 e. The Kier molecular flexibility index (Phi) is 4.60. The molecule has 1 aromatic rings. The first kappa shape index (κ1) is 14.8. The molecule has 0 radical (unpaired) electrons. The third-order valence-electron chi connectivity index (χ3n) is 3.68. The molecule has 1 fully saturated rings. The molecule has 0 saturated carbocycles. The minimum absolute atomic E-state index is 0.287. The molecule has 1 saturated heterocycles. The molecule has 0 aromatic carbocycles. The van der Waals surface area contributed by atoms with Crippen LogP contribution in [0.2, 0.25) is 0 Å². The number of carbonyl (C=O) groups is 1. The molecule has 2 heterocycles. The molecule has 0 amide bonds. The number of aromatic nitrogens is 1. The first-order valence-corrected chi connectivity index (χ1v) is 7.11. The summed E-state index contributed by atoms with van der Waals surface area (Å²) in [5, 5.41) is 9.41. The molecule has 2 rings (SSSR count). The van der Waals surface area contributed by atoms with Crippen LogP contribution < -0.4 is 4.90 Å². The highest BCUT2D eigenvalue weighted by Gasteiger charge is 2.25. The van der Waals surface area contributed by atoms with Crippen molar-refractivity contribution < 1.29 is 14.6 Å². The zero-order valence-corrected chi connectivity index (χ0v) is 12.3. The van der Waals surface area contributed by atoms with E-state index in [1.54, 1.807) is 0 Å². The second-order valence-corrected chi connectivity index (χ2v) is 5.23. The summed E-state index contributed by atoms with van der Waals surface area (Å²) in [6.07, 6.45) is 2.12. The summed E-state index contributed by atoms with van der Waals surface area (Å²) in [7, 11) is 0. The molecular formula is C15H22N2O3. The number of carboxylic acid groups (broad SMARTS) is 1.